The Balaban J connectivity index is 0. The topological polar surface area (TPSA) is 29.5 Å². The first-order valence-electron chi connectivity index (χ1n) is 8.13. The van der Waals surface area contributed by atoms with E-state index in [2.05, 4.69) is 21.0 Å². The number of unbranched alkanes of at least 4 members (excludes halogenated alkanes) is 7. The molecule has 0 aromatic rings. The summed E-state index contributed by atoms with van der Waals surface area (Å²) in [6.07, 6.45) is 11.1. The van der Waals surface area contributed by atoms with Gasteiger partial charge in [-0.1, -0.05) is 45.4 Å². The van der Waals surface area contributed by atoms with Gasteiger partial charge in [-0.25, -0.2) is 0 Å². The van der Waals surface area contributed by atoms with Crippen molar-refractivity contribution < 1.29 is 31.3 Å². The third-order valence-corrected chi connectivity index (χ3v) is 3.69. The number of halogens is 1. The Kier molecular flexibility index (Phi) is 17.8. The lowest BCUT2D eigenvalue weighted by atomic mass is 10.1. The fourth-order valence-electron chi connectivity index (χ4n) is 2.26. The Bertz CT molecular complexity index is 189. The molecule has 0 aliphatic rings. The fourth-order valence-corrected chi connectivity index (χ4v) is 2.26. The van der Waals surface area contributed by atoms with E-state index in [1.807, 2.05) is 0 Å². The molecule has 1 N–H and O–H groups in total. The van der Waals surface area contributed by atoms with Crippen LogP contribution < -0.4 is 17.0 Å². The van der Waals surface area contributed by atoms with Crippen LogP contribution in [0.3, 0.4) is 0 Å². The van der Waals surface area contributed by atoms with Gasteiger partial charge in [-0.2, -0.15) is 0 Å². The van der Waals surface area contributed by atoms with Gasteiger partial charge in [-0.05, 0) is 12.8 Å². The predicted molar refractivity (Wildman–Crippen MR) is 82.4 cm³/mol. The number of aliphatic hydroxyl groups excluding tert-OH is 1. The average molecular weight is 354 g/mol. The van der Waals surface area contributed by atoms with Gasteiger partial charge in [0.25, 0.3) is 0 Å². The van der Waals surface area contributed by atoms with Gasteiger partial charge in [-0.3, -0.25) is 0 Å². The van der Waals surface area contributed by atoms with Gasteiger partial charge >= 0.3 is 0 Å². The van der Waals surface area contributed by atoms with Crippen molar-refractivity contribution in [2.45, 2.75) is 58.3 Å². The summed E-state index contributed by atoms with van der Waals surface area (Å²) in [7, 11) is 4.53. The van der Waals surface area contributed by atoms with Gasteiger partial charge in [0.1, 0.15) is 6.54 Å². The molecule has 4 heteroatoms. The predicted octanol–water partition coefficient (Wildman–Crippen LogP) is 0.216. The van der Waals surface area contributed by atoms with Crippen LogP contribution in [0.1, 0.15) is 58.3 Å². The largest absolute Gasteiger partial charge is 1.00 e. The first-order valence-corrected chi connectivity index (χ1v) is 8.13. The lowest BCUT2D eigenvalue weighted by Gasteiger charge is -2.29. The number of quaternary nitrogens is 1. The third-order valence-electron chi connectivity index (χ3n) is 3.69. The van der Waals surface area contributed by atoms with Crippen molar-refractivity contribution in [3.63, 3.8) is 0 Å². The van der Waals surface area contributed by atoms with Crippen molar-refractivity contribution in [2.24, 2.45) is 0 Å². The number of nitrogens with zero attached hydrogens (tertiary/aromatic N) is 1. The van der Waals surface area contributed by atoms with Crippen LogP contribution in [-0.4, -0.2) is 56.6 Å². The first kappa shape index (κ1) is 22.6. The molecule has 0 bridgehead atoms. The number of hydrogen-bond acceptors (Lipinski definition) is 2. The minimum atomic E-state index is 0. The smallest absolute Gasteiger partial charge is 0.102 e. The third kappa shape index (κ3) is 16.4. The maximum absolute atomic E-state index is 8.64. The highest BCUT2D eigenvalue weighted by Gasteiger charge is 2.13. The molecular formula is C16H36BrNO2. The summed E-state index contributed by atoms with van der Waals surface area (Å²) in [4.78, 5) is 0. The van der Waals surface area contributed by atoms with Crippen molar-refractivity contribution in [3.05, 3.63) is 0 Å². The molecule has 0 aromatic carbocycles. The molecule has 0 saturated heterocycles. The van der Waals surface area contributed by atoms with E-state index in [4.69, 9.17) is 9.84 Å². The highest BCUT2D eigenvalue weighted by Crippen LogP contribution is 2.10. The maximum Gasteiger partial charge on any atom is 0.102 e. The molecule has 0 amide bonds. The molecule has 0 saturated carbocycles. The van der Waals surface area contributed by atoms with Crippen LogP contribution >= 0.6 is 0 Å². The second kappa shape index (κ2) is 15.7. The first-order chi connectivity index (χ1) is 9.12. The summed E-state index contributed by atoms with van der Waals surface area (Å²) < 4.78 is 6.36. The number of likely N-dealkylation sites (N-methyl/N-ethyl adjacent to an activating group) is 1. The van der Waals surface area contributed by atoms with Crippen LogP contribution in [0.15, 0.2) is 0 Å². The highest BCUT2D eigenvalue weighted by atomic mass is 79.9. The number of hydrogen-bond donors (Lipinski definition) is 1. The second-order valence-electron chi connectivity index (χ2n) is 6.19. The average Bonchev–Trinajstić information content (AvgIpc) is 2.38. The van der Waals surface area contributed by atoms with E-state index in [9.17, 15) is 0 Å². The maximum atomic E-state index is 8.64. The zero-order valence-electron chi connectivity index (χ0n) is 13.9. The van der Waals surface area contributed by atoms with E-state index in [-0.39, 0.29) is 23.6 Å². The van der Waals surface area contributed by atoms with Crippen LogP contribution in [-0.2, 0) is 4.74 Å². The molecule has 0 heterocycles. The Morgan fingerprint density at radius 1 is 0.800 bits per heavy atom. The molecule has 0 radical (unpaired) electrons. The monoisotopic (exact) mass is 353 g/mol. The summed E-state index contributed by atoms with van der Waals surface area (Å²) in [5.41, 5.74) is 0. The van der Waals surface area contributed by atoms with E-state index in [0.29, 0.717) is 6.61 Å². The molecule has 0 aromatic heterocycles. The molecular weight excluding hydrogens is 318 g/mol. The molecule has 124 valence electrons. The van der Waals surface area contributed by atoms with E-state index in [1.54, 1.807) is 0 Å². The van der Waals surface area contributed by atoms with Gasteiger partial charge in [0.15, 0.2) is 0 Å². The molecule has 0 rings (SSSR count). The molecule has 0 fully saturated rings. The van der Waals surface area contributed by atoms with Gasteiger partial charge in [0.05, 0.1) is 40.5 Å². The Labute approximate surface area is 137 Å². The molecule has 0 unspecified atom stereocenters. The standard InChI is InChI=1S/C16H36NO2.BrH/c1-4-5-6-7-8-9-10-11-12-17(2,3)13-15-19-16-14-18;/h18H,4-16H2,1-3H3;1H/q+1;/p-1. The Hall–Kier alpha value is 0.360. The second-order valence-corrected chi connectivity index (χ2v) is 6.19. The van der Waals surface area contributed by atoms with E-state index < -0.39 is 0 Å². The molecule has 0 spiro atoms. The molecule has 0 atom stereocenters. The number of aliphatic hydroxyl groups is 1. The zero-order chi connectivity index (χ0) is 14.4. The molecule has 0 aliphatic carbocycles. The van der Waals surface area contributed by atoms with Crippen molar-refractivity contribution in [3.8, 4) is 0 Å². The summed E-state index contributed by atoms with van der Waals surface area (Å²) in [5.74, 6) is 0. The number of rotatable bonds is 14. The Morgan fingerprint density at radius 3 is 1.90 bits per heavy atom. The normalized spacial score (nSPS) is 11.4. The lowest BCUT2D eigenvalue weighted by Crippen LogP contribution is -3.00. The van der Waals surface area contributed by atoms with Crippen LogP contribution in [0.5, 0.6) is 0 Å². The summed E-state index contributed by atoms with van der Waals surface area (Å²) >= 11 is 0. The van der Waals surface area contributed by atoms with E-state index in [0.717, 1.165) is 17.6 Å². The fraction of sp³-hybridized carbons (Fsp3) is 1.00. The van der Waals surface area contributed by atoms with Crippen LogP contribution in [0.25, 0.3) is 0 Å². The highest BCUT2D eigenvalue weighted by molar-refractivity contribution is 4.46. The van der Waals surface area contributed by atoms with Crippen molar-refractivity contribution in [1.29, 1.82) is 0 Å². The van der Waals surface area contributed by atoms with Gasteiger partial charge in [0, 0.05) is 0 Å². The Morgan fingerprint density at radius 2 is 1.35 bits per heavy atom. The summed E-state index contributed by atoms with van der Waals surface area (Å²) in [6.45, 7) is 5.89. The van der Waals surface area contributed by atoms with Crippen molar-refractivity contribution in [2.75, 3.05) is 47.0 Å². The molecule has 3 nitrogen and oxygen atoms in total. The minimum Gasteiger partial charge on any atom is -1.00 e. The summed E-state index contributed by atoms with van der Waals surface area (Å²) in [5, 5.41) is 8.64. The lowest BCUT2D eigenvalue weighted by molar-refractivity contribution is -0.891. The van der Waals surface area contributed by atoms with Crippen LogP contribution in [0.2, 0.25) is 0 Å². The molecule has 0 aliphatic heterocycles. The van der Waals surface area contributed by atoms with Crippen molar-refractivity contribution >= 4 is 0 Å². The van der Waals surface area contributed by atoms with Gasteiger partial charge in [0.2, 0.25) is 0 Å². The van der Waals surface area contributed by atoms with Gasteiger partial charge < -0.3 is 31.3 Å². The van der Waals surface area contributed by atoms with Gasteiger partial charge in [-0.15, -0.1) is 0 Å². The van der Waals surface area contributed by atoms with Crippen molar-refractivity contribution in [1.82, 2.24) is 0 Å². The number of ether oxygens (including phenoxy) is 1. The van der Waals surface area contributed by atoms with Crippen LogP contribution in [0.4, 0.5) is 0 Å². The van der Waals surface area contributed by atoms with Crippen LogP contribution in [0, 0.1) is 0 Å². The minimum absolute atomic E-state index is 0. The van der Waals surface area contributed by atoms with E-state index in [1.165, 1.54) is 57.9 Å². The molecule has 20 heavy (non-hydrogen) atoms. The zero-order valence-corrected chi connectivity index (χ0v) is 15.5. The SMILES string of the molecule is CCCCCCCCCC[N+](C)(C)CCOCCO.[Br-]. The summed E-state index contributed by atoms with van der Waals surface area (Å²) in [6, 6.07) is 0. The quantitative estimate of drug-likeness (QED) is 0.357. The van der Waals surface area contributed by atoms with E-state index >= 15 is 0 Å².